The summed E-state index contributed by atoms with van der Waals surface area (Å²) in [6.45, 7) is 3.32. The Labute approximate surface area is 108 Å². The van der Waals surface area contributed by atoms with Crippen LogP contribution in [0.15, 0.2) is 36.5 Å². The van der Waals surface area contributed by atoms with Crippen LogP contribution in [0.1, 0.15) is 37.8 Å². The van der Waals surface area contributed by atoms with Crippen LogP contribution in [-0.4, -0.2) is 11.5 Å². The van der Waals surface area contributed by atoms with E-state index in [1.54, 1.807) is 0 Å². The summed E-state index contributed by atoms with van der Waals surface area (Å²) in [5.41, 5.74) is 2.54. The molecular formula is C16H20N2. The quantitative estimate of drug-likeness (QED) is 0.862. The standard InChI is InChI=1S/C16H20N2/c1-2-10-18-16(12-8-9-12)14-5-3-7-15-13(14)6-4-11-17-15/h3-7,11-12,16,18H,2,8-10H2,1H3. The van der Waals surface area contributed by atoms with Crippen LogP contribution in [0, 0.1) is 5.92 Å². The number of nitrogens with one attached hydrogen (secondary N) is 1. The Balaban J connectivity index is 2.00. The first kappa shape index (κ1) is 11.7. The number of hydrogen-bond acceptors (Lipinski definition) is 2. The van der Waals surface area contributed by atoms with Crippen LogP contribution in [-0.2, 0) is 0 Å². The van der Waals surface area contributed by atoms with Crippen LogP contribution in [0.2, 0.25) is 0 Å². The summed E-state index contributed by atoms with van der Waals surface area (Å²) in [6.07, 6.45) is 5.78. The lowest BCUT2D eigenvalue weighted by Crippen LogP contribution is -2.24. The van der Waals surface area contributed by atoms with E-state index in [4.69, 9.17) is 0 Å². The summed E-state index contributed by atoms with van der Waals surface area (Å²) in [4.78, 5) is 4.46. The van der Waals surface area contributed by atoms with Crippen molar-refractivity contribution in [2.45, 2.75) is 32.2 Å². The van der Waals surface area contributed by atoms with Gasteiger partial charge in [0.25, 0.3) is 0 Å². The van der Waals surface area contributed by atoms with E-state index in [-0.39, 0.29) is 0 Å². The van der Waals surface area contributed by atoms with E-state index in [2.05, 4.69) is 41.5 Å². The average Bonchev–Trinajstić information content (AvgIpc) is 3.24. The van der Waals surface area contributed by atoms with Crippen LogP contribution in [0.3, 0.4) is 0 Å². The molecule has 1 aliphatic carbocycles. The summed E-state index contributed by atoms with van der Waals surface area (Å²) >= 11 is 0. The lowest BCUT2D eigenvalue weighted by Gasteiger charge is -2.20. The highest BCUT2D eigenvalue weighted by atomic mass is 14.9. The Kier molecular flexibility index (Phi) is 3.28. The van der Waals surface area contributed by atoms with Crippen molar-refractivity contribution in [1.82, 2.24) is 10.3 Å². The predicted octanol–water partition coefficient (Wildman–Crippen LogP) is 3.69. The minimum absolute atomic E-state index is 0.512. The number of benzene rings is 1. The molecule has 0 amide bonds. The molecule has 1 saturated carbocycles. The van der Waals surface area contributed by atoms with Gasteiger partial charge < -0.3 is 5.32 Å². The fourth-order valence-corrected chi connectivity index (χ4v) is 2.66. The Morgan fingerprint density at radius 2 is 2.17 bits per heavy atom. The van der Waals surface area contributed by atoms with E-state index in [0.717, 1.165) is 18.0 Å². The molecule has 3 rings (SSSR count). The molecule has 2 heteroatoms. The van der Waals surface area contributed by atoms with Gasteiger partial charge in [0.2, 0.25) is 0 Å². The van der Waals surface area contributed by atoms with Crippen molar-refractivity contribution in [2.75, 3.05) is 6.54 Å². The molecule has 1 heterocycles. The van der Waals surface area contributed by atoms with E-state index >= 15 is 0 Å². The molecule has 1 fully saturated rings. The van der Waals surface area contributed by atoms with E-state index in [0.29, 0.717) is 6.04 Å². The van der Waals surface area contributed by atoms with Gasteiger partial charge in [0.05, 0.1) is 5.52 Å². The monoisotopic (exact) mass is 240 g/mol. The van der Waals surface area contributed by atoms with Crippen molar-refractivity contribution in [3.05, 3.63) is 42.1 Å². The molecule has 18 heavy (non-hydrogen) atoms. The Morgan fingerprint density at radius 3 is 2.94 bits per heavy atom. The van der Waals surface area contributed by atoms with Gasteiger partial charge in [-0.15, -0.1) is 0 Å². The molecule has 0 aliphatic heterocycles. The predicted molar refractivity (Wildman–Crippen MR) is 75.5 cm³/mol. The second-order valence-corrected chi connectivity index (χ2v) is 5.19. The molecule has 1 atom stereocenters. The molecule has 2 nitrogen and oxygen atoms in total. The maximum Gasteiger partial charge on any atom is 0.0705 e. The highest BCUT2D eigenvalue weighted by Crippen LogP contribution is 2.42. The number of hydrogen-bond donors (Lipinski definition) is 1. The zero-order chi connectivity index (χ0) is 12.4. The van der Waals surface area contributed by atoms with Crippen LogP contribution >= 0.6 is 0 Å². The first-order chi connectivity index (χ1) is 8.90. The molecule has 0 radical (unpaired) electrons. The number of aromatic nitrogens is 1. The minimum Gasteiger partial charge on any atom is -0.310 e. The van der Waals surface area contributed by atoms with Crippen molar-refractivity contribution in [3.8, 4) is 0 Å². The normalized spacial score (nSPS) is 16.9. The first-order valence-corrected chi connectivity index (χ1v) is 6.97. The van der Waals surface area contributed by atoms with Crippen molar-refractivity contribution < 1.29 is 0 Å². The van der Waals surface area contributed by atoms with Crippen LogP contribution in [0.5, 0.6) is 0 Å². The molecule has 1 aliphatic rings. The van der Waals surface area contributed by atoms with Gasteiger partial charge in [-0.05, 0) is 49.4 Å². The molecule has 0 spiro atoms. The molecule has 0 bridgehead atoms. The molecule has 1 aromatic carbocycles. The fourth-order valence-electron chi connectivity index (χ4n) is 2.66. The van der Waals surface area contributed by atoms with Gasteiger partial charge in [-0.1, -0.05) is 25.1 Å². The van der Waals surface area contributed by atoms with Crippen LogP contribution < -0.4 is 5.32 Å². The summed E-state index contributed by atoms with van der Waals surface area (Å²) in [5.74, 6) is 0.822. The lowest BCUT2D eigenvalue weighted by atomic mass is 9.97. The summed E-state index contributed by atoms with van der Waals surface area (Å²) in [6, 6.07) is 11.2. The topological polar surface area (TPSA) is 24.9 Å². The maximum absolute atomic E-state index is 4.46. The highest BCUT2D eigenvalue weighted by molar-refractivity contribution is 5.82. The highest BCUT2D eigenvalue weighted by Gasteiger charge is 2.32. The number of nitrogens with zero attached hydrogens (tertiary/aromatic N) is 1. The molecule has 94 valence electrons. The van der Waals surface area contributed by atoms with Crippen molar-refractivity contribution >= 4 is 10.9 Å². The van der Waals surface area contributed by atoms with Gasteiger partial charge in [0, 0.05) is 17.6 Å². The van der Waals surface area contributed by atoms with E-state index in [1.165, 1.54) is 30.2 Å². The maximum atomic E-state index is 4.46. The van der Waals surface area contributed by atoms with Crippen molar-refractivity contribution in [2.24, 2.45) is 5.92 Å². The zero-order valence-electron chi connectivity index (χ0n) is 10.9. The second-order valence-electron chi connectivity index (χ2n) is 5.19. The average molecular weight is 240 g/mol. The van der Waals surface area contributed by atoms with Crippen molar-refractivity contribution in [3.63, 3.8) is 0 Å². The van der Waals surface area contributed by atoms with E-state index in [9.17, 15) is 0 Å². The van der Waals surface area contributed by atoms with Gasteiger partial charge in [-0.2, -0.15) is 0 Å². The lowest BCUT2D eigenvalue weighted by molar-refractivity contribution is 0.484. The van der Waals surface area contributed by atoms with Gasteiger partial charge >= 0.3 is 0 Å². The van der Waals surface area contributed by atoms with Gasteiger partial charge in [-0.25, -0.2) is 0 Å². The van der Waals surface area contributed by atoms with Crippen molar-refractivity contribution in [1.29, 1.82) is 0 Å². The first-order valence-electron chi connectivity index (χ1n) is 6.97. The van der Waals surface area contributed by atoms with Gasteiger partial charge in [-0.3, -0.25) is 4.98 Å². The van der Waals surface area contributed by atoms with Crippen LogP contribution in [0.4, 0.5) is 0 Å². The third-order valence-electron chi connectivity index (χ3n) is 3.72. The molecule has 1 N–H and O–H groups in total. The summed E-state index contributed by atoms with van der Waals surface area (Å²) < 4.78 is 0. The van der Waals surface area contributed by atoms with Gasteiger partial charge in [0.15, 0.2) is 0 Å². The third kappa shape index (κ3) is 2.25. The molecular weight excluding hydrogens is 220 g/mol. The van der Waals surface area contributed by atoms with Gasteiger partial charge in [0.1, 0.15) is 0 Å². The second kappa shape index (κ2) is 5.07. The Morgan fingerprint density at radius 1 is 1.28 bits per heavy atom. The Bertz CT molecular complexity index is 526. The SMILES string of the molecule is CCCNC(c1cccc2ncccc12)C1CC1. The third-order valence-corrected chi connectivity index (χ3v) is 3.72. The molecule has 1 unspecified atom stereocenters. The number of rotatable bonds is 5. The molecule has 2 aromatic rings. The van der Waals surface area contributed by atoms with Crippen LogP contribution in [0.25, 0.3) is 10.9 Å². The Hall–Kier alpha value is -1.41. The molecule has 1 aromatic heterocycles. The number of fused-ring (bicyclic) bond motifs is 1. The van der Waals surface area contributed by atoms with E-state index in [1.807, 2.05) is 12.3 Å². The fraction of sp³-hybridized carbons (Fsp3) is 0.438. The largest absolute Gasteiger partial charge is 0.310 e. The zero-order valence-corrected chi connectivity index (χ0v) is 10.9. The molecule has 0 saturated heterocycles. The van der Waals surface area contributed by atoms with E-state index < -0.39 is 0 Å². The summed E-state index contributed by atoms with van der Waals surface area (Å²) in [7, 11) is 0. The smallest absolute Gasteiger partial charge is 0.0705 e. The minimum atomic E-state index is 0.512. The number of pyridine rings is 1. The summed E-state index contributed by atoms with van der Waals surface area (Å²) in [5, 5.41) is 5.02.